The predicted octanol–water partition coefficient (Wildman–Crippen LogP) is 6.33. The topological polar surface area (TPSA) is 59.8 Å². The maximum atomic E-state index is 13.6. The van der Waals surface area contributed by atoms with Crippen molar-refractivity contribution in [3.05, 3.63) is 104 Å². The zero-order chi connectivity index (χ0) is 24.2. The first-order chi connectivity index (χ1) is 16.2. The molecule has 0 bridgehead atoms. The molecular formula is C25H15BrF3NO4. The Bertz CT molecular complexity index is 1510. The van der Waals surface area contributed by atoms with Gasteiger partial charge < -0.3 is 9.15 Å². The van der Waals surface area contributed by atoms with Crippen molar-refractivity contribution >= 4 is 38.5 Å². The van der Waals surface area contributed by atoms with Crippen molar-refractivity contribution in [1.29, 1.82) is 0 Å². The van der Waals surface area contributed by atoms with E-state index >= 15 is 0 Å². The Morgan fingerprint density at radius 1 is 1.00 bits per heavy atom. The SMILES string of the molecule is COc1cccc(C2c3c(oc4ccc(Br)cc4c3=O)C(=O)N2c2cccc(C(F)(F)F)c2)c1. The number of rotatable bonds is 3. The minimum Gasteiger partial charge on any atom is -0.497 e. The van der Waals surface area contributed by atoms with Gasteiger partial charge in [0.25, 0.3) is 5.91 Å². The average Bonchev–Trinajstić information content (AvgIpc) is 3.12. The number of carbonyl (C=O) groups is 1. The van der Waals surface area contributed by atoms with Crippen LogP contribution in [0.3, 0.4) is 0 Å². The van der Waals surface area contributed by atoms with E-state index in [4.69, 9.17) is 9.15 Å². The van der Waals surface area contributed by atoms with Crippen LogP contribution in [0.4, 0.5) is 18.9 Å². The summed E-state index contributed by atoms with van der Waals surface area (Å²) in [4.78, 5) is 28.3. The van der Waals surface area contributed by atoms with Gasteiger partial charge in [0.05, 0.1) is 29.7 Å². The maximum absolute atomic E-state index is 13.6. The van der Waals surface area contributed by atoms with Crippen molar-refractivity contribution in [2.24, 2.45) is 0 Å². The third-order valence-electron chi connectivity index (χ3n) is 5.69. The number of amides is 1. The molecule has 34 heavy (non-hydrogen) atoms. The maximum Gasteiger partial charge on any atom is 0.416 e. The van der Waals surface area contributed by atoms with Gasteiger partial charge in [-0.15, -0.1) is 0 Å². The van der Waals surface area contributed by atoms with Gasteiger partial charge in [-0.2, -0.15) is 13.2 Å². The molecule has 1 amide bonds. The summed E-state index contributed by atoms with van der Waals surface area (Å²) in [5.41, 5.74) is -0.606. The van der Waals surface area contributed by atoms with E-state index in [0.717, 1.165) is 17.0 Å². The first kappa shape index (κ1) is 22.2. The standard InChI is InChI=1S/C25H15BrF3NO4/c1-33-17-7-2-4-13(10-17)21-20-22(31)18-12-15(26)8-9-19(18)34-23(20)24(32)30(21)16-6-3-5-14(11-16)25(27,28)29/h2-12,21H,1H3. The van der Waals surface area contributed by atoms with E-state index < -0.39 is 29.1 Å². The van der Waals surface area contributed by atoms with E-state index in [9.17, 15) is 22.8 Å². The van der Waals surface area contributed by atoms with Gasteiger partial charge in [-0.25, -0.2) is 0 Å². The Morgan fingerprint density at radius 2 is 1.76 bits per heavy atom. The van der Waals surface area contributed by atoms with E-state index in [1.807, 2.05) is 0 Å². The Labute approximate surface area is 199 Å². The summed E-state index contributed by atoms with van der Waals surface area (Å²) in [5.74, 6) is -0.440. The largest absolute Gasteiger partial charge is 0.497 e. The summed E-state index contributed by atoms with van der Waals surface area (Å²) in [6.45, 7) is 0. The van der Waals surface area contributed by atoms with Gasteiger partial charge in [0.2, 0.25) is 5.76 Å². The van der Waals surface area contributed by atoms with Crippen LogP contribution in [0.15, 0.2) is 80.4 Å². The monoisotopic (exact) mass is 529 g/mol. The zero-order valence-corrected chi connectivity index (χ0v) is 19.1. The molecule has 0 radical (unpaired) electrons. The summed E-state index contributed by atoms with van der Waals surface area (Å²) >= 11 is 3.33. The van der Waals surface area contributed by atoms with Crippen molar-refractivity contribution < 1.29 is 27.1 Å². The van der Waals surface area contributed by atoms with Crippen LogP contribution < -0.4 is 15.1 Å². The number of ether oxygens (including phenoxy) is 1. The van der Waals surface area contributed by atoms with Crippen LogP contribution in [0.1, 0.15) is 33.3 Å². The summed E-state index contributed by atoms with van der Waals surface area (Å²) in [6, 6.07) is 14.9. The number of benzene rings is 3. The Morgan fingerprint density at radius 3 is 2.50 bits per heavy atom. The number of carbonyl (C=O) groups excluding carboxylic acids is 1. The molecule has 9 heteroatoms. The molecule has 1 unspecified atom stereocenters. The summed E-state index contributed by atoms with van der Waals surface area (Å²) in [5, 5.41) is 0.250. The fourth-order valence-electron chi connectivity index (χ4n) is 4.17. The highest BCUT2D eigenvalue weighted by Crippen LogP contribution is 2.43. The molecule has 5 rings (SSSR count). The number of alkyl halides is 3. The molecule has 0 saturated heterocycles. The van der Waals surface area contributed by atoms with E-state index in [1.165, 1.54) is 19.2 Å². The molecule has 5 nitrogen and oxygen atoms in total. The molecule has 4 aromatic rings. The second kappa shape index (κ2) is 8.02. The third kappa shape index (κ3) is 3.56. The number of halogens is 4. The molecule has 1 aliphatic rings. The van der Waals surface area contributed by atoms with Crippen molar-refractivity contribution in [2.45, 2.75) is 12.2 Å². The first-order valence-corrected chi connectivity index (χ1v) is 10.9. The fourth-order valence-corrected chi connectivity index (χ4v) is 4.53. The van der Waals surface area contributed by atoms with E-state index in [0.29, 0.717) is 15.8 Å². The Balaban J connectivity index is 1.80. The molecule has 0 aliphatic carbocycles. The minimum absolute atomic E-state index is 0.0105. The van der Waals surface area contributed by atoms with Crippen molar-refractivity contribution in [3.63, 3.8) is 0 Å². The molecule has 3 aromatic carbocycles. The van der Waals surface area contributed by atoms with E-state index in [2.05, 4.69) is 15.9 Å². The number of nitrogens with zero attached hydrogens (tertiary/aromatic N) is 1. The zero-order valence-electron chi connectivity index (χ0n) is 17.5. The smallest absolute Gasteiger partial charge is 0.416 e. The minimum atomic E-state index is -4.61. The van der Waals surface area contributed by atoms with Crippen LogP contribution in [0.5, 0.6) is 5.75 Å². The molecule has 0 fully saturated rings. The van der Waals surface area contributed by atoms with Crippen molar-refractivity contribution in [3.8, 4) is 5.75 Å². The van der Waals surface area contributed by atoms with Gasteiger partial charge in [-0.1, -0.05) is 34.1 Å². The van der Waals surface area contributed by atoms with Crippen LogP contribution >= 0.6 is 15.9 Å². The molecule has 1 aromatic heterocycles. The number of methoxy groups -OCH3 is 1. The van der Waals surface area contributed by atoms with Gasteiger partial charge >= 0.3 is 6.18 Å². The second-order valence-electron chi connectivity index (χ2n) is 7.72. The molecule has 0 spiro atoms. The molecule has 1 aliphatic heterocycles. The molecule has 1 atom stereocenters. The lowest BCUT2D eigenvalue weighted by Crippen LogP contribution is -2.29. The van der Waals surface area contributed by atoms with Crippen LogP contribution in [-0.2, 0) is 6.18 Å². The van der Waals surface area contributed by atoms with Crippen molar-refractivity contribution in [1.82, 2.24) is 0 Å². The van der Waals surface area contributed by atoms with Crippen LogP contribution in [0, 0.1) is 0 Å². The molecule has 0 saturated carbocycles. The van der Waals surface area contributed by atoms with Gasteiger partial charge in [0, 0.05) is 10.2 Å². The van der Waals surface area contributed by atoms with Gasteiger partial charge in [0.15, 0.2) is 5.43 Å². The van der Waals surface area contributed by atoms with Gasteiger partial charge in [-0.3, -0.25) is 14.5 Å². The normalized spacial score (nSPS) is 15.6. The van der Waals surface area contributed by atoms with Crippen LogP contribution in [-0.4, -0.2) is 13.0 Å². The summed E-state index contributed by atoms with van der Waals surface area (Å²) < 4.78 is 52.1. The van der Waals surface area contributed by atoms with E-state index in [1.54, 1.807) is 42.5 Å². The predicted molar refractivity (Wildman–Crippen MR) is 123 cm³/mol. The Hall–Kier alpha value is -3.59. The average molecular weight is 530 g/mol. The lowest BCUT2D eigenvalue weighted by molar-refractivity contribution is -0.137. The Kier molecular flexibility index (Phi) is 5.24. The van der Waals surface area contributed by atoms with Crippen molar-refractivity contribution in [2.75, 3.05) is 12.0 Å². The summed E-state index contributed by atoms with van der Waals surface area (Å²) in [7, 11) is 1.47. The quantitative estimate of drug-likeness (QED) is 0.311. The van der Waals surface area contributed by atoms with Gasteiger partial charge in [-0.05, 0) is 54.1 Å². The first-order valence-electron chi connectivity index (χ1n) is 10.1. The molecular weight excluding hydrogens is 515 g/mol. The highest BCUT2D eigenvalue weighted by atomic mass is 79.9. The van der Waals surface area contributed by atoms with Crippen LogP contribution in [0.2, 0.25) is 0 Å². The molecule has 2 heterocycles. The number of hydrogen-bond acceptors (Lipinski definition) is 4. The summed E-state index contributed by atoms with van der Waals surface area (Å²) in [6.07, 6.45) is -4.61. The lowest BCUT2D eigenvalue weighted by atomic mass is 9.98. The highest BCUT2D eigenvalue weighted by molar-refractivity contribution is 9.10. The van der Waals surface area contributed by atoms with E-state index in [-0.39, 0.29) is 28.0 Å². The molecule has 172 valence electrons. The third-order valence-corrected chi connectivity index (χ3v) is 6.19. The second-order valence-corrected chi connectivity index (χ2v) is 8.63. The van der Waals surface area contributed by atoms with Gasteiger partial charge in [0.1, 0.15) is 11.3 Å². The number of hydrogen-bond donors (Lipinski definition) is 0. The number of fused-ring (bicyclic) bond motifs is 2. The highest BCUT2D eigenvalue weighted by Gasteiger charge is 2.44. The number of anilines is 1. The lowest BCUT2D eigenvalue weighted by Gasteiger charge is -2.26. The fraction of sp³-hybridized carbons (Fsp3) is 0.120. The molecule has 0 N–H and O–H groups in total. The van der Waals surface area contributed by atoms with Crippen LogP contribution in [0.25, 0.3) is 11.0 Å².